The molecule has 0 atom stereocenters. The lowest BCUT2D eigenvalue weighted by molar-refractivity contribution is -0.120. The smallest absolute Gasteiger partial charge is 0.257 e. The molecule has 0 bridgehead atoms. The molecule has 0 aliphatic rings. The van der Waals surface area contributed by atoms with Gasteiger partial charge in [-0.3, -0.25) is 10.2 Å². The Balaban J connectivity index is 1.93. The van der Waals surface area contributed by atoms with Crippen molar-refractivity contribution in [3.8, 4) is 5.75 Å². The van der Waals surface area contributed by atoms with Gasteiger partial charge in [-0.05, 0) is 48.9 Å². The lowest BCUT2D eigenvalue weighted by atomic mass is 10.1. The number of rotatable bonds is 7. The van der Waals surface area contributed by atoms with Crippen LogP contribution in [0.15, 0.2) is 57.9 Å². The largest absolute Gasteiger partial charge is 0.494 e. The first-order chi connectivity index (χ1) is 11.4. The van der Waals surface area contributed by atoms with Crippen LogP contribution in [0, 0.1) is 0 Å². The number of hydrogen-bond donors (Lipinski definition) is 2. The first-order valence-corrected chi connectivity index (χ1v) is 9.46. The summed E-state index contributed by atoms with van der Waals surface area (Å²) in [6, 6.07) is 13.1. The van der Waals surface area contributed by atoms with Gasteiger partial charge in [0.05, 0.1) is 17.9 Å². The van der Waals surface area contributed by atoms with E-state index < -0.39 is 15.9 Å². The number of amides is 1. The van der Waals surface area contributed by atoms with Crippen LogP contribution in [0.3, 0.4) is 0 Å². The molecule has 0 saturated carbocycles. The van der Waals surface area contributed by atoms with Gasteiger partial charge < -0.3 is 4.74 Å². The molecule has 128 valence electrons. The molecule has 0 radical (unpaired) electrons. The van der Waals surface area contributed by atoms with E-state index in [2.05, 4.69) is 26.2 Å². The average molecular weight is 413 g/mol. The number of sulfonamides is 1. The second-order valence-electron chi connectivity index (χ2n) is 4.86. The molecule has 2 N–H and O–H groups in total. The third-order valence-electron chi connectivity index (χ3n) is 3.05. The van der Waals surface area contributed by atoms with Gasteiger partial charge >= 0.3 is 0 Å². The van der Waals surface area contributed by atoms with E-state index in [0.29, 0.717) is 12.4 Å². The summed E-state index contributed by atoms with van der Waals surface area (Å²) in [6.07, 6.45) is 0.0685. The van der Waals surface area contributed by atoms with E-state index in [1.807, 2.05) is 19.1 Å². The molecule has 2 aromatic rings. The molecule has 0 fully saturated rings. The van der Waals surface area contributed by atoms with E-state index in [1.165, 1.54) is 12.1 Å². The van der Waals surface area contributed by atoms with Crippen LogP contribution in [0.4, 0.5) is 0 Å². The summed E-state index contributed by atoms with van der Waals surface area (Å²) >= 11 is 3.31. The molecule has 0 heterocycles. The van der Waals surface area contributed by atoms with Gasteiger partial charge in [0.1, 0.15) is 5.75 Å². The molecule has 0 unspecified atom stereocenters. The second kappa shape index (κ2) is 8.27. The predicted octanol–water partition coefficient (Wildman–Crippen LogP) is 2.40. The zero-order chi connectivity index (χ0) is 17.6. The van der Waals surface area contributed by atoms with Gasteiger partial charge in [0.15, 0.2) is 0 Å². The molecule has 1 amide bonds. The highest BCUT2D eigenvalue weighted by atomic mass is 79.9. The number of hydrogen-bond acceptors (Lipinski definition) is 4. The maximum atomic E-state index is 12.1. The average Bonchev–Trinajstić information content (AvgIpc) is 2.56. The zero-order valence-electron chi connectivity index (χ0n) is 13.0. The summed E-state index contributed by atoms with van der Waals surface area (Å²) in [6.45, 7) is 2.34. The third kappa shape index (κ3) is 5.33. The third-order valence-corrected chi connectivity index (χ3v) is 4.84. The molecule has 0 spiro atoms. The number of carbonyl (C=O) groups is 1. The molecule has 2 rings (SSSR count). The van der Waals surface area contributed by atoms with Gasteiger partial charge in [-0.1, -0.05) is 28.1 Å². The van der Waals surface area contributed by atoms with Crippen molar-refractivity contribution in [2.75, 3.05) is 6.61 Å². The van der Waals surface area contributed by atoms with Gasteiger partial charge in [0.2, 0.25) is 5.91 Å². The molecule has 0 aliphatic heterocycles. The van der Waals surface area contributed by atoms with Gasteiger partial charge in [-0.25, -0.2) is 8.42 Å². The van der Waals surface area contributed by atoms with Crippen molar-refractivity contribution in [3.05, 3.63) is 58.6 Å². The Kier molecular flexibility index (Phi) is 6.36. The topological polar surface area (TPSA) is 84.5 Å². The Morgan fingerprint density at radius 1 is 1.08 bits per heavy atom. The summed E-state index contributed by atoms with van der Waals surface area (Å²) in [5, 5.41) is 0. The number of halogens is 1. The molecular weight excluding hydrogens is 396 g/mol. The molecular formula is C16H17BrN2O4S. The first kappa shape index (κ1) is 18.4. The molecule has 8 heteroatoms. The summed E-state index contributed by atoms with van der Waals surface area (Å²) < 4.78 is 30.4. The summed E-state index contributed by atoms with van der Waals surface area (Å²) in [5.74, 6) is 0.127. The van der Waals surface area contributed by atoms with E-state index in [0.717, 1.165) is 10.0 Å². The Bertz CT molecular complexity index is 790. The minimum absolute atomic E-state index is 0.0369. The van der Waals surface area contributed by atoms with Crippen LogP contribution < -0.4 is 15.0 Å². The molecule has 24 heavy (non-hydrogen) atoms. The zero-order valence-corrected chi connectivity index (χ0v) is 15.4. The van der Waals surface area contributed by atoms with Gasteiger partial charge in [0.25, 0.3) is 10.0 Å². The minimum Gasteiger partial charge on any atom is -0.494 e. The van der Waals surface area contributed by atoms with Gasteiger partial charge in [-0.15, -0.1) is 4.83 Å². The maximum Gasteiger partial charge on any atom is 0.257 e. The quantitative estimate of drug-likeness (QED) is 0.683. The summed E-state index contributed by atoms with van der Waals surface area (Å²) in [5.41, 5.74) is 2.98. The van der Waals surface area contributed by atoms with Crippen LogP contribution in [-0.4, -0.2) is 20.9 Å². The molecule has 0 aromatic heterocycles. The molecule has 0 saturated heterocycles. The standard InChI is InChI=1S/C16H17BrN2O4S/c1-2-23-14-7-9-15(10-8-14)24(21,22)19-18-16(20)11-12-3-5-13(17)6-4-12/h3-10,19H,2,11H2,1H3,(H,18,20). The highest BCUT2D eigenvalue weighted by Crippen LogP contribution is 2.15. The van der Waals surface area contributed by atoms with Crippen molar-refractivity contribution >= 4 is 31.9 Å². The fourth-order valence-corrected chi connectivity index (χ4v) is 3.02. The molecule has 2 aromatic carbocycles. The monoisotopic (exact) mass is 412 g/mol. The predicted molar refractivity (Wildman–Crippen MR) is 93.9 cm³/mol. The molecule has 0 aliphatic carbocycles. The van der Waals surface area contributed by atoms with E-state index in [-0.39, 0.29) is 11.3 Å². The van der Waals surface area contributed by atoms with Gasteiger partial charge in [-0.2, -0.15) is 0 Å². The van der Waals surface area contributed by atoms with Crippen LogP contribution in [-0.2, 0) is 21.2 Å². The lowest BCUT2D eigenvalue weighted by Gasteiger charge is -2.09. The fraction of sp³-hybridized carbons (Fsp3) is 0.188. The van der Waals surface area contributed by atoms with Crippen molar-refractivity contribution in [2.24, 2.45) is 0 Å². The first-order valence-electron chi connectivity index (χ1n) is 7.18. The Morgan fingerprint density at radius 2 is 1.71 bits per heavy atom. The van der Waals surface area contributed by atoms with Crippen molar-refractivity contribution in [3.63, 3.8) is 0 Å². The van der Waals surface area contributed by atoms with E-state index >= 15 is 0 Å². The lowest BCUT2D eigenvalue weighted by Crippen LogP contribution is -2.42. The van der Waals surface area contributed by atoms with Crippen LogP contribution in [0.25, 0.3) is 0 Å². The Labute approximate surface area is 149 Å². The van der Waals surface area contributed by atoms with Crippen LogP contribution in [0.2, 0.25) is 0 Å². The highest BCUT2D eigenvalue weighted by molar-refractivity contribution is 9.10. The van der Waals surface area contributed by atoms with E-state index in [1.54, 1.807) is 24.3 Å². The molecule has 6 nitrogen and oxygen atoms in total. The van der Waals surface area contributed by atoms with Crippen LogP contribution >= 0.6 is 15.9 Å². The maximum absolute atomic E-state index is 12.1. The SMILES string of the molecule is CCOc1ccc(S(=O)(=O)NNC(=O)Cc2ccc(Br)cc2)cc1. The van der Waals surface area contributed by atoms with Crippen molar-refractivity contribution < 1.29 is 17.9 Å². The second-order valence-corrected chi connectivity index (χ2v) is 7.46. The van der Waals surface area contributed by atoms with Crippen molar-refractivity contribution in [1.82, 2.24) is 10.3 Å². The normalized spacial score (nSPS) is 11.1. The van der Waals surface area contributed by atoms with Crippen molar-refractivity contribution in [1.29, 1.82) is 0 Å². The van der Waals surface area contributed by atoms with Crippen molar-refractivity contribution in [2.45, 2.75) is 18.2 Å². The Hall–Kier alpha value is -1.90. The van der Waals surface area contributed by atoms with E-state index in [9.17, 15) is 13.2 Å². The highest BCUT2D eigenvalue weighted by Gasteiger charge is 2.15. The minimum atomic E-state index is -3.83. The summed E-state index contributed by atoms with van der Waals surface area (Å²) in [4.78, 5) is 14.0. The number of carbonyl (C=O) groups excluding carboxylic acids is 1. The van der Waals surface area contributed by atoms with Crippen LogP contribution in [0.5, 0.6) is 5.75 Å². The van der Waals surface area contributed by atoms with Crippen LogP contribution in [0.1, 0.15) is 12.5 Å². The number of hydrazine groups is 1. The van der Waals surface area contributed by atoms with Gasteiger partial charge in [0, 0.05) is 4.47 Å². The number of ether oxygens (including phenoxy) is 1. The number of nitrogens with one attached hydrogen (secondary N) is 2. The van der Waals surface area contributed by atoms with E-state index in [4.69, 9.17) is 4.74 Å². The summed E-state index contributed by atoms with van der Waals surface area (Å²) in [7, 11) is -3.83. The number of benzene rings is 2. The Morgan fingerprint density at radius 3 is 2.29 bits per heavy atom. The fourth-order valence-electron chi connectivity index (χ4n) is 1.90.